The van der Waals surface area contributed by atoms with Crippen molar-refractivity contribution < 1.29 is 14.2 Å². The first kappa shape index (κ1) is 20.4. The highest BCUT2D eigenvalue weighted by Crippen LogP contribution is 2.28. The molecule has 0 bridgehead atoms. The highest BCUT2D eigenvalue weighted by atomic mass is 16.5. The predicted octanol–water partition coefficient (Wildman–Crippen LogP) is 3.11. The van der Waals surface area contributed by atoms with Crippen LogP contribution in [0.3, 0.4) is 0 Å². The van der Waals surface area contributed by atoms with Gasteiger partial charge in [0.15, 0.2) is 17.5 Å². The van der Waals surface area contributed by atoms with Crippen molar-refractivity contribution in [2.24, 2.45) is 4.99 Å². The second-order valence-electron chi connectivity index (χ2n) is 6.78. The molecule has 146 valence electrons. The van der Waals surface area contributed by atoms with Crippen LogP contribution >= 0.6 is 0 Å². The number of nitrogens with zero attached hydrogens (tertiary/aromatic N) is 1. The SMILES string of the molecule is CCCOc1ccc(CN=C(NCC)NCC2(C)CCCO2)cc1OC. The highest BCUT2D eigenvalue weighted by molar-refractivity contribution is 5.79. The van der Waals surface area contributed by atoms with Gasteiger partial charge in [-0.15, -0.1) is 0 Å². The first-order valence-electron chi connectivity index (χ1n) is 9.56. The number of rotatable bonds is 9. The molecule has 6 heteroatoms. The van der Waals surface area contributed by atoms with Crippen LogP contribution in [0, 0.1) is 0 Å². The Labute approximate surface area is 157 Å². The molecule has 2 rings (SSSR count). The van der Waals surface area contributed by atoms with E-state index in [0.29, 0.717) is 13.2 Å². The molecule has 2 N–H and O–H groups in total. The molecule has 1 atom stereocenters. The molecule has 1 unspecified atom stereocenters. The van der Waals surface area contributed by atoms with Crippen LogP contribution in [0.15, 0.2) is 23.2 Å². The minimum Gasteiger partial charge on any atom is -0.493 e. The molecule has 1 heterocycles. The van der Waals surface area contributed by atoms with Crippen LogP contribution in [0.5, 0.6) is 11.5 Å². The highest BCUT2D eigenvalue weighted by Gasteiger charge is 2.29. The summed E-state index contributed by atoms with van der Waals surface area (Å²) in [5.41, 5.74) is 0.976. The minimum absolute atomic E-state index is 0.0995. The van der Waals surface area contributed by atoms with Crippen LogP contribution in [0.4, 0.5) is 0 Å². The molecule has 0 radical (unpaired) electrons. The van der Waals surface area contributed by atoms with E-state index in [0.717, 1.165) is 62.0 Å². The Morgan fingerprint density at radius 2 is 2.12 bits per heavy atom. The molecule has 0 aromatic heterocycles. The van der Waals surface area contributed by atoms with Gasteiger partial charge < -0.3 is 24.8 Å². The Kier molecular flexibility index (Phi) is 8.04. The number of ether oxygens (including phenoxy) is 3. The summed E-state index contributed by atoms with van der Waals surface area (Å²) >= 11 is 0. The van der Waals surface area contributed by atoms with Crippen molar-refractivity contribution in [2.45, 2.75) is 52.2 Å². The van der Waals surface area contributed by atoms with E-state index in [9.17, 15) is 0 Å². The zero-order valence-corrected chi connectivity index (χ0v) is 16.6. The minimum atomic E-state index is -0.0995. The van der Waals surface area contributed by atoms with Gasteiger partial charge in [0, 0.05) is 19.7 Å². The van der Waals surface area contributed by atoms with Crippen LogP contribution in [-0.2, 0) is 11.3 Å². The zero-order valence-electron chi connectivity index (χ0n) is 16.6. The van der Waals surface area contributed by atoms with E-state index >= 15 is 0 Å². The van der Waals surface area contributed by atoms with E-state index in [1.54, 1.807) is 7.11 Å². The molecule has 1 aromatic carbocycles. The Balaban J connectivity index is 1.99. The van der Waals surface area contributed by atoms with E-state index in [-0.39, 0.29) is 5.60 Å². The monoisotopic (exact) mass is 363 g/mol. The van der Waals surface area contributed by atoms with Gasteiger partial charge in [0.25, 0.3) is 0 Å². The molecule has 6 nitrogen and oxygen atoms in total. The Hall–Kier alpha value is -1.95. The van der Waals surface area contributed by atoms with Crippen LogP contribution in [0.1, 0.15) is 45.6 Å². The van der Waals surface area contributed by atoms with Crippen molar-refractivity contribution in [1.29, 1.82) is 0 Å². The summed E-state index contributed by atoms with van der Waals surface area (Å²) in [6, 6.07) is 5.97. The lowest BCUT2D eigenvalue weighted by Crippen LogP contribution is -2.45. The molecule has 1 aromatic rings. The Bertz CT molecular complexity index is 584. The molecule has 0 saturated carbocycles. The van der Waals surface area contributed by atoms with Gasteiger partial charge >= 0.3 is 0 Å². The number of guanidine groups is 1. The van der Waals surface area contributed by atoms with E-state index in [1.165, 1.54) is 0 Å². The quantitative estimate of drug-likeness (QED) is 0.521. The van der Waals surface area contributed by atoms with Gasteiger partial charge in [0.2, 0.25) is 0 Å². The number of aliphatic imine (C=N–C) groups is 1. The Morgan fingerprint density at radius 1 is 1.27 bits per heavy atom. The van der Waals surface area contributed by atoms with Crippen molar-refractivity contribution in [3.63, 3.8) is 0 Å². The summed E-state index contributed by atoms with van der Waals surface area (Å²) in [5, 5.41) is 6.69. The van der Waals surface area contributed by atoms with E-state index in [2.05, 4.69) is 36.4 Å². The van der Waals surface area contributed by atoms with Gasteiger partial charge in [-0.2, -0.15) is 0 Å². The molecular weight excluding hydrogens is 330 g/mol. The van der Waals surface area contributed by atoms with Crippen LogP contribution < -0.4 is 20.1 Å². The lowest BCUT2D eigenvalue weighted by Gasteiger charge is -2.24. The maximum Gasteiger partial charge on any atom is 0.191 e. The van der Waals surface area contributed by atoms with Gasteiger partial charge in [-0.3, -0.25) is 0 Å². The molecule has 0 amide bonds. The van der Waals surface area contributed by atoms with Gasteiger partial charge in [-0.05, 0) is 50.8 Å². The van der Waals surface area contributed by atoms with Crippen molar-refractivity contribution in [1.82, 2.24) is 10.6 Å². The predicted molar refractivity (Wildman–Crippen MR) is 105 cm³/mol. The normalized spacial score (nSPS) is 20.1. The molecular formula is C20H33N3O3. The first-order chi connectivity index (χ1) is 12.6. The topological polar surface area (TPSA) is 64.1 Å². The van der Waals surface area contributed by atoms with Crippen LogP contribution in [0.25, 0.3) is 0 Å². The van der Waals surface area contributed by atoms with Gasteiger partial charge in [-0.25, -0.2) is 4.99 Å². The lowest BCUT2D eigenvalue weighted by atomic mass is 10.0. The molecule has 1 aliphatic rings. The van der Waals surface area contributed by atoms with Crippen molar-refractivity contribution in [3.8, 4) is 11.5 Å². The van der Waals surface area contributed by atoms with Crippen molar-refractivity contribution >= 4 is 5.96 Å². The van der Waals surface area contributed by atoms with Crippen molar-refractivity contribution in [3.05, 3.63) is 23.8 Å². The fourth-order valence-electron chi connectivity index (χ4n) is 2.90. The van der Waals surface area contributed by atoms with Gasteiger partial charge in [-0.1, -0.05) is 13.0 Å². The number of hydrogen-bond donors (Lipinski definition) is 2. The second kappa shape index (κ2) is 10.3. The fourth-order valence-corrected chi connectivity index (χ4v) is 2.90. The lowest BCUT2D eigenvalue weighted by molar-refractivity contribution is 0.0243. The summed E-state index contributed by atoms with van der Waals surface area (Å²) in [4.78, 5) is 4.69. The third-order valence-corrected chi connectivity index (χ3v) is 4.38. The van der Waals surface area contributed by atoms with E-state index in [1.807, 2.05) is 18.2 Å². The zero-order chi connectivity index (χ0) is 18.8. The van der Waals surface area contributed by atoms with Gasteiger partial charge in [0.05, 0.1) is 25.9 Å². The summed E-state index contributed by atoms with van der Waals surface area (Å²) in [6.45, 7) is 9.97. The van der Waals surface area contributed by atoms with Gasteiger partial charge in [0.1, 0.15) is 0 Å². The molecule has 0 spiro atoms. The molecule has 26 heavy (non-hydrogen) atoms. The van der Waals surface area contributed by atoms with Crippen LogP contribution in [-0.4, -0.2) is 45.0 Å². The summed E-state index contributed by atoms with van der Waals surface area (Å²) in [7, 11) is 1.66. The summed E-state index contributed by atoms with van der Waals surface area (Å²) in [6.07, 6.45) is 3.17. The van der Waals surface area contributed by atoms with E-state index < -0.39 is 0 Å². The Morgan fingerprint density at radius 3 is 2.77 bits per heavy atom. The largest absolute Gasteiger partial charge is 0.493 e. The molecule has 1 saturated heterocycles. The molecule has 0 aliphatic carbocycles. The number of benzene rings is 1. The average molecular weight is 364 g/mol. The third kappa shape index (κ3) is 6.09. The third-order valence-electron chi connectivity index (χ3n) is 4.38. The summed E-state index contributed by atoms with van der Waals surface area (Å²) in [5.74, 6) is 2.32. The molecule has 1 fully saturated rings. The summed E-state index contributed by atoms with van der Waals surface area (Å²) < 4.78 is 17.0. The maximum atomic E-state index is 5.83. The van der Waals surface area contributed by atoms with Crippen molar-refractivity contribution in [2.75, 3.05) is 33.4 Å². The maximum absolute atomic E-state index is 5.83. The first-order valence-corrected chi connectivity index (χ1v) is 9.56. The van der Waals surface area contributed by atoms with E-state index in [4.69, 9.17) is 14.2 Å². The average Bonchev–Trinajstić information content (AvgIpc) is 3.09. The number of methoxy groups -OCH3 is 1. The fraction of sp³-hybridized carbons (Fsp3) is 0.650. The van der Waals surface area contributed by atoms with Crippen LogP contribution in [0.2, 0.25) is 0 Å². The molecule has 1 aliphatic heterocycles. The standard InChI is InChI=1S/C20H33N3O3/c1-5-11-25-17-9-8-16(13-18(17)24-4)14-22-19(21-6-2)23-15-20(3)10-7-12-26-20/h8-9,13H,5-7,10-12,14-15H2,1-4H3,(H2,21,22,23). The smallest absolute Gasteiger partial charge is 0.191 e. The number of nitrogens with one attached hydrogen (secondary N) is 2. The number of hydrogen-bond acceptors (Lipinski definition) is 4. The second-order valence-corrected chi connectivity index (χ2v) is 6.78.